The molecule has 0 radical (unpaired) electrons. The zero-order valence-corrected chi connectivity index (χ0v) is 21.3. The molecular formula is C26H34N6O2S. The molecule has 2 atom stereocenters. The molecule has 2 aromatic carbocycles. The fourth-order valence-corrected chi connectivity index (χ4v) is 7.09. The molecule has 1 fully saturated rings. The van der Waals surface area contributed by atoms with Gasteiger partial charge in [0.1, 0.15) is 5.82 Å². The molecule has 2 N–H and O–H groups in total. The van der Waals surface area contributed by atoms with Crippen LogP contribution in [0.4, 0.5) is 11.8 Å². The van der Waals surface area contributed by atoms with Crippen molar-refractivity contribution in [3.8, 4) is 0 Å². The van der Waals surface area contributed by atoms with Crippen LogP contribution in [-0.2, 0) is 21.0 Å². The van der Waals surface area contributed by atoms with Crippen molar-refractivity contribution in [3.63, 3.8) is 0 Å². The summed E-state index contributed by atoms with van der Waals surface area (Å²) in [7, 11) is -0.869. The lowest BCUT2D eigenvalue weighted by Crippen LogP contribution is -2.30. The van der Waals surface area contributed by atoms with Gasteiger partial charge in [0, 0.05) is 51.3 Å². The number of benzene rings is 2. The van der Waals surface area contributed by atoms with E-state index in [4.69, 9.17) is 20.4 Å². The third kappa shape index (κ3) is 4.98. The zero-order valence-electron chi connectivity index (χ0n) is 20.5. The lowest BCUT2D eigenvalue weighted by molar-refractivity contribution is 0.197. The Labute approximate surface area is 207 Å². The Kier molecular flexibility index (Phi) is 6.91. The number of aromatic nitrogens is 2. The molecule has 186 valence electrons. The van der Waals surface area contributed by atoms with Crippen molar-refractivity contribution < 1.29 is 8.95 Å². The van der Waals surface area contributed by atoms with Gasteiger partial charge < -0.3 is 20.3 Å². The Bertz CT molecular complexity index is 1340. The molecule has 0 aliphatic carbocycles. The molecule has 2 aliphatic rings. The number of aryl methyl sites for hydroxylation is 1. The maximum Gasteiger partial charge on any atom is 0.228 e. The number of nitrogens with zero attached hydrogens (tertiary/aromatic N) is 5. The van der Waals surface area contributed by atoms with E-state index in [1.165, 1.54) is 5.56 Å². The van der Waals surface area contributed by atoms with Gasteiger partial charge in [0.25, 0.3) is 0 Å². The smallest absolute Gasteiger partial charge is 0.228 e. The Morgan fingerprint density at radius 1 is 1.17 bits per heavy atom. The second-order valence-electron chi connectivity index (χ2n) is 9.44. The quantitative estimate of drug-likeness (QED) is 0.525. The van der Waals surface area contributed by atoms with Gasteiger partial charge in [-0.15, -0.1) is 0 Å². The van der Waals surface area contributed by atoms with Gasteiger partial charge >= 0.3 is 0 Å². The van der Waals surface area contributed by atoms with Crippen LogP contribution in [0.2, 0.25) is 0 Å². The van der Waals surface area contributed by atoms with Gasteiger partial charge in [-0.1, -0.05) is 29.8 Å². The predicted octanol–water partition coefficient (Wildman–Crippen LogP) is 3.36. The highest BCUT2D eigenvalue weighted by molar-refractivity contribution is 7.93. The van der Waals surface area contributed by atoms with E-state index in [0.29, 0.717) is 37.9 Å². The van der Waals surface area contributed by atoms with Gasteiger partial charge in [0.15, 0.2) is 0 Å². The molecule has 9 heteroatoms. The number of rotatable bonds is 6. The average molecular weight is 495 g/mol. The van der Waals surface area contributed by atoms with Crippen LogP contribution in [0.1, 0.15) is 24.0 Å². The Morgan fingerprint density at radius 2 is 2.03 bits per heavy atom. The summed E-state index contributed by atoms with van der Waals surface area (Å²) in [4.78, 5) is 15.3. The number of nitrogens with two attached hydrogens (primary N) is 1. The number of ether oxygens (including phenoxy) is 1. The monoisotopic (exact) mass is 494 g/mol. The minimum atomic E-state index is -2.54. The fourth-order valence-electron chi connectivity index (χ4n) is 4.88. The van der Waals surface area contributed by atoms with Crippen molar-refractivity contribution in [2.75, 3.05) is 55.4 Å². The van der Waals surface area contributed by atoms with E-state index >= 15 is 0 Å². The molecule has 3 heterocycles. The molecular weight excluding hydrogens is 460 g/mol. The highest BCUT2D eigenvalue weighted by Crippen LogP contribution is 2.32. The molecule has 0 saturated carbocycles. The predicted molar refractivity (Wildman–Crippen MR) is 142 cm³/mol. The van der Waals surface area contributed by atoms with Crippen LogP contribution in [0.5, 0.6) is 0 Å². The lowest BCUT2D eigenvalue weighted by atomic mass is 10.1. The summed E-state index contributed by atoms with van der Waals surface area (Å²) in [5, 5.41) is 1.05. The minimum absolute atomic E-state index is 0.155. The summed E-state index contributed by atoms with van der Waals surface area (Å²) >= 11 is 0. The van der Waals surface area contributed by atoms with Gasteiger partial charge in [-0.3, -0.25) is 0 Å². The van der Waals surface area contributed by atoms with E-state index in [1.807, 2.05) is 24.3 Å². The number of fused-ring (bicyclic) bond motifs is 2. The Morgan fingerprint density at radius 3 is 2.83 bits per heavy atom. The zero-order chi connectivity index (χ0) is 24.4. The van der Waals surface area contributed by atoms with Crippen molar-refractivity contribution in [2.45, 2.75) is 37.2 Å². The summed E-state index contributed by atoms with van der Waals surface area (Å²) < 4.78 is 23.9. The lowest BCUT2D eigenvalue weighted by Gasteiger charge is -2.25. The first-order valence-corrected chi connectivity index (χ1v) is 14.0. The first-order valence-electron chi connectivity index (χ1n) is 12.3. The first-order chi connectivity index (χ1) is 17.0. The maximum atomic E-state index is 14.1. The number of methoxy groups -OCH3 is 1. The molecule has 0 bridgehead atoms. The summed E-state index contributed by atoms with van der Waals surface area (Å²) in [5.41, 5.74) is 9.34. The molecule has 1 saturated heterocycles. The number of hydrogen-bond donors (Lipinski definition) is 1. The summed E-state index contributed by atoms with van der Waals surface area (Å²) in [5.74, 6) is 2.04. The van der Waals surface area contributed by atoms with Crippen LogP contribution in [0.3, 0.4) is 0 Å². The normalized spacial score (nSPS) is 22.3. The van der Waals surface area contributed by atoms with E-state index < -0.39 is 9.73 Å². The molecule has 2 aliphatic heterocycles. The molecule has 5 rings (SSSR count). The summed E-state index contributed by atoms with van der Waals surface area (Å²) in [6.07, 6.45) is 1.71. The molecule has 8 nitrogen and oxygen atoms in total. The number of anilines is 2. The second kappa shape index (κ2) is 10.1. The number of hydrogen-bond acceptors (Lipinski definition) is 8. The molecule has 0 amide bonds. The molecule has 1 unspecified atom stereocenters. The van der Waals surface area contributed by atoms with E-state index in [2.05, 4.69) is 39.3 Å². The van der Waals surface area contributed by atoms with E-state index in [0.717, 1.165) is 53.1 Å². The van der Waals surface area contributed by atoms with Gasteiger partial charge in [0.2, 0.25) is 5.95 Å². The van der Waals surface area contributed by atoms with E-state index in [9.17, 15) is 4.21 Å². The van der Waals surface area contributed by atoms with Crippen molar-refractivity contribution in [1.29, 1.82) is 0 Å². The summed E-state index contributed by atoms with van der Waals surface area (Å²) in [6, 6.07) is 14.4. The van der Waals surface area contributed by atoms with E-state index in [-0.39, 0.29) is 6.04 Å². The first kappa shape index (κ1) is 24.0. The molecule has 1 aromatic heterocycles. The molecule has 0 spiro atoms. The Hall–Kier alpha value is -2.75. The largest absolute Gasteiger partial charge is 0.385 e. The highest BCUT2D eigenvalue weighted by Gasteiger charge is 2.28. The van der Waals surface area contributed by atoms with Crippen LogP contribution < -0.4 is 15.5 Å². The van der Waals surface area contributed by atoms with Crippen LogP contribution in [0, 0.1) is 6.92 Å². The summed E-state index contributed by atoms with van der Waals surface area (Å²) in [6.45, 7) is 6.06. The SMILES string of the molecule is COCCCN=S1(=O)CCN(c2nc(N3CC[C@@H](N)C3)c3cc(C)ccc3n2)Cc2ccccc21. The van der Waals surface area contributed by atoms with Gasteiger partial charge in [-0.25, -0.2) is 13.6 Å². The topological polar surface area (TPSA) is 96.9 Å². The van der Waals surface area contributed by atoms with Gasteiger partial charge in [0.05, 0.1) is 32.4 Å². The second-order valence-corrected chi connectivity index (χ2v) is 11.8. The van der Waals surface area contributed by atoms with Crippen LogP contribution in [0.15, 0.2) is 51.7 Å². The van der Waals surface area contributed by atoms with Crippen molar-refractivity contribution in [3.05, 3.63) is 53.6 Å². The van der Waals surface area contributed by atoms with Crippen LogP contribution in [-0.4, -0.2) is 65.9 Å². The third-order valence-corrected chi connectivity index (χ3v) is 9.17. The average Bonchev–Trinajstić information content (AvgIpc) is 3.23. The third-order valence-electron chi connectivity index (χ3n) is 6.75. The van der Waals surface area contributed by atoms with Gasteiger partial charge in [-0.05, 0) is 43.5 Å². The standard InChI is InChI=1S/C26H34N6O2S/c1-19-8-9-23-22(16-19)25(31-12-10-21(27)18-31)30-26(29-23)32-13-15-35(33,28-11-5-14-34-2)24-7-4-3-6-20(24)17-32/h3-4,6-9,16,21H,5,10-15,17-18,27H2,1-2H3/t21-,35?/m1/s1. The molecule has 3 aromatic rings. The van der Waals surface area contributed by atoms with Crippen LogP contribution in [0.25, 0.3) is 10.9 Å². The minimum Gasteiger partial charge on any atom is -0.385 e. The van der Waals surface area contributed by atoms with E-state index in [1.54, 1.807) is 7.11 Å². The van der Waals surface area contributed by atoms with Crippen molar-refractivity contribution in [2.24, 2.45) is 10.1 Å². The molecule has 35 heavy (non-hydrogen) atoms. The fraction of sp³-hybridized carbons (Fsp3) is 0.462. The highest BCUT2D eigenvalue weighted by atomic mass is 32.2. The van der Waals surface area contributed by atoms with Crippen molar-refractivity contribution in [1.82, 2.24) is 9.97 Å². The van der Waals surface area contributed by atoms with Crippen molar-refractivity contribution >= 4 is 32.4 Å². The Balaban J connectivity index is 1.54. The van der Waals surface area contributed by atoms with Crippen LogP contribution >= 0.6 is 0 Å². The van der Waals surface area contributed by atoms with Gasteiger partial charge in [-0.2, -0.15) is 4.98 Å². The maximum absolute atomic E-state index is 14.1.